The van der Waals surface area contributed by atoms with Crippen LogP contribution >= 0.6 is 11.3 Å². The third kappa shape index (κ3) is 3.08. The molecule has 2 unspecified atom stereocenters. The molecule has 0 saturated heterocycles. The lowest BCUT2D eigenvalue weighted by Crippen LogP contribution is -2.13. The Balaban J connectivity index is 2.08. The van der Waals surface area contributed by atoms with Crippen LogP contribution in [0, 0.1) is 12.8 Å². The van der Waals surface area contributed by atoms with Crippen LogP contribution in [0.25, 0.3) is 0 Å². The lowest BCUT2D eigenvalue weighted by Gasteiger charge is -2.26. The van der Waals surface area contributed by atoms with E-state index in [-0.39, 0.29) is 0 Å². The second-order valence-corrected chi connectivity index (χ2v) is 6.34. The van der Waals surface area contributed by atoms with Gasteiger partial charge in [-0.05, 0) is 32.7 Å². The first-order valence-electron chi connectivity index (χ1n) is 6.85. The van der Waals surface area contributed by atoms with Crippen LogP contribution in [-0.2, 0) is 6.54 Å². The minimum absolute atomic E-state index is 0.739. The van der Waals surface area contributed by atoms with E-state index in [4.69, 9.17) is 4.98 Å². The van der Waals surface area contributed by atoms with Crippen molar-refractivity contribution in [3.05, 3.63) is 15.6 Å². The summed E-state index contributed by atoms with van der Waals surface area (Å²) in [6, 6.07) is 0. The molecular formula is C14H24N2S. The molecule has 1 aliphatic carbocycles. The molecular weight excluding hydrogens is 228 g/mol. The number of rotatable bonds is 4. The quantitative estimate of drug-likeness (QED) is 0.880. The van der Waals surface area contributed by atoms with E-state index in [1.807, 2.05) is 18.4 Å². The average molecular weight is 252 g/mol. The van der Waals surface area contributed by atoms with E-state index in [0.717, 1.165) is 18.4 Å². The van der Waals surface area contributed by atoms with Crippen LogP contribution in [-0.4, -0.2) is 12.0 Å². The Bertz CT molecular complexity index is 359. The normalized spacial score (nSPS) is 25.1. The smallest absolute Gasteiger partial charge is 0.0962 e. The van der Waals surface area contributed by atoms with Gasteiger partial charge in [-0.25, -0.2) is 4.98 Å². The molecule has 2 rings (SSSR count). The molecule has 3 heteroatoms. The van der Waals surface area contributed by atoms with E-state index in [1.165, 1.54) is 47.7 Å². The van der Waals surface area contributed by atoms with Gasteiger partial charge in [-0.1, -0.05) is 26.2 Å². The summed E-state index contributed by atoms with van der Waals surface area (Å²) in [5.41, 5.74) is 1.23. The number of hydrogen-bond donors (Lipinski definition) is 1. The van der Waals surface area contributed by atoms with Gasteiger partial charge in [-0.2, -0.15) is 0 Å². The molecule has 0 aromatic carbocycles. The van der Waals surface area contributed by atoms with Gasteiger partial charge in [-0.3, -0.25) is 0 Å². The SMILES string of the molecule is CCC1CCCC(c2nc(C)c(CNC)s2)C1. The predicted molar refractivity (Wildman–Crippen MR) is 74.6 cm³/mol. The lowest BCUT2D eigenvalue weighted by molar-refractivity contribution is 0.314. The summed E-state index contributed by atoms with van der Waals surface area (Å²) in [6.07, 6.45) is 6.87. The van der Waals surface area contributed by atoms with Crippen molar-refractivity contribution >= 4 is 11.3 Å². The Hall–Kier alpha value is -0.410. The Labute approximate surface area is 109 Å². The second-order valence-electron chi connectivity index (χ2n) is 5.23. The highest BCUT2D eigenvalue weighted by Gasteiger charge is 2.24. The fourth-order valence-corrected chi connectivity index (χ4v) is 4.06. The molecule has 17 heavy (non-hydrogen) atoms. The van der Waals surface area contributed by atoms with Crippen molar-refractivity contribution in [3.63, 3.8) is 0 Å². The first kappa shape index (κ1) is 13.0. The van der Waals surface area contributed by atoms with Crippen molar-refractivity contribution in [2.75, 3.05) is 7.05 Å². The van der Waals surface area contributed by atoms with Crippen LogP contribution in [0.3, 0.4) is 0 Å². The molecule has 1 fully saturated rings. The molecule has 1 N–H and O–H groups in total. The second kappa shape index (κ2) is 5.96. The molecule has 2 atom stereocenters. The first-order valence-corrected chi connectivity index (χ1v) is 7.67. The highest BCUT2D eigenvalue weighted by atomic mass is 32.1. The molecule has 1 aliphatic rings. The first-order chi connectivity index (χ1) is 8.24. The van der Waals surface area contributed by atoms with Gasteiger partial charge in [0.2, 0.25) is 0 Å². The fourth-order valence-electron chi connectivity index (χ4n) is 2.84. The molecule has 1 saturated carbocycles. The average Bonchev–Trinajstić information content (AvgIpc) is 2.72. The molecule has 0 radical (unpaired) electrons. The van der Waals surface area contributed by atoms with Gasteiger partial charge in [0.05, 0.1) is 10.7 Å². The molecule has 0 spiro atoms. The maximum Gasteiger partial charge on any atom is 0.0962 e. The lowest BCUT2D eigenvalue weighted by atomic mass is 9.80. The van der Waals surface area contributed by atoms with Gasteiger partial charge in [-0.15, -0.1) is 11.3 Å². The maximum absolute atomic E-state index is 4.80. The monoisotopic (exact) mass is 252 g/mol. The van der Waals surface area contributed by atoms with E-state index < -0.39 is 0 Å². The van der Waals surface area contributed by atoms with Gasteiger partial charge >= 0.3 is 0 Å². The van der Waals surface area contributed by atoms with Crippen molar-refractivity contribution in [1.29, 1.82) is 0 Å². The number of aryl methyl sites for hydroxylation is 1. The van der Waals surface area contributed by atoms with Crippen LogP contribution in [0.5, 0.6) is 0 Å². The van der Waals surface area contributed by atoms with E-state index in [0.29, 0.717) is 0 Å². The van der Waals surface area contributed by atoms with Crippen LogP contribution in [0.1, 0.15) is 60.5 Å². The summed E-state index contributed by atoms with van der Waals surface area (Å²) in [5, 5.41) is 4.63. The highest BCUT2D eigenvalue weighted by molar-refractivity contribution is 7.11. The molecule has 1 heterocycles. The Morgan fingerprint density at radius 3 is 2.94 bits per heavy atom. The molecule has 0 aliphatic heterocycles. The van der Waals surface area contributed by atoms with E-state index in [9.17, 15) is 0 Å². The summed E-state index contributed by atoms with van der Waals surface area (Å²) in [4.78, 5) is 6.22. The molecule has 0 bridgehead atoms. The van der Waals surface area contributed by atoms with Crippen LogP contribution in [0.4, 0.5) is 0 Å². The molecule has 1 aromatic heterocycles. The minimum atomic E-state index is 0.739. The van der Waals surface area contributed by atoms with Crippen molar-refractivity contribution in [2.45, 2.75) is 58.4 Å². The van der Waals surface area contributed by atoms with Crippen LogP contribution < -0.4 is 5.32 Å². The van der Waals surface area contributed by atoms with Crippen molar-refractivity contribution in [1.82, 2.24) is 10.3 Å². The van der Waals surface area contributed by atoms with Gasteiger partial charge in [0.25, 0.3) is 0 Å². The van der Waals surface area contributed by atoms with Crippen molar-refractivity contribution in [3.8, 4) is 0 Å². The summed E-state index contributed by atoms with van der Waals surface area (Å²) in [5.74, 6) is 1.67. The minimum Gasteiger partial charge on any atom is -0.315 e. The standard InChI is InChI=1S/C14H24N2S/c1-4-11-6-5-7-12(8-11)14-16-10(2)13(17-14)9-15-3/h11-12,15H,4-9H2,1-3H3. The summed E-state index contributed by atoms with van der Waals surface area (Å²) >= 11 is 1.93. The molecule has 96 valence electrons. The zero-order valence-electron chi connectivity index (χ0n) is 11.3. The number of nitrogens with one attached hydrogen (secondary N) is 1. The van der Waals surface area contributed by atoms with Gasteiger partial charge in [0.15, 0.2) is 0 Å². The molecule has 2 nitrogen and oxygen atoms in total. The topological polar surface area (TPSA) is 24.9 Å². The van der Waals surface area contributed by atoms with E-state index >= 15 is 0 Å². The Morgan fingerprint density at radius 2 is 2.24 bits per heavy atom. The Kier molecular flexibility index (Phi) is 4.57. The van der Waals surface area contributed by atoms with Gasteiger partial charge < -0.3 is 5.32 Å². The van der Waals surface area contributed by atoms with Gasteiger partial charge in [0, 0.05) is 17.3 Å². The summed E-state index contributed by atoms with van der Waals surface area (Å²) in [6.45, 7) is 5.44. The van der Waals surface area contributed by atoms with Gasteiger partial charge in [0.1, 0.15) is 0 Å². The maximum atomic E-state index is 4.80. The number of hydrogen-bond acceptors (Lipinski definition) is 3. The molecule has 1 aromatic rings. The predicted octanol–water partition coefficient (Wildman–Crippen LogP) is 3.85. The van der Waals surface area contributed by atoms with Crippen LogP contribution in [0.15, 0.2) is 0 Å². The fraction of sp³-hybridized carbons (Fsp3) is 0.786. The van der Waals surface area contributed by atoms with E-state index in [2.05, 4.69) is 19.2 Å². The van der Waals surface area contributed by atoms with Crippen LogP contribution in [0.2, 0.25) is 0 Å². The zero-order chi connectivity index (χ0) is 12.3. The largest absolute Gasteiger partial charge is 0.315 e. The number of nitrogens with zero attached hydrogens (tertiary/aromatic N) is 1. The van der Waals surface area contributed by atoms with Crippen molar-refractivity contribution in [2.24, 2.45) is 5.92 Å². The number of aromatic nitrogens is 1. The Morgan fingerprint density at radius 1 is 1.41 bits per heavy atom. The van der Waals surface area contributed by atoms with E-state index in [1.54, 1.807) is 0 Å². The number of thiazole rings is 1. The summed E-state index contributed by atoms with van der Waals surface area (Å²) < 4.78 is 0. The van der Waals surface area contributed by atoms with Crippen molar-refractivity contribution < 1.29 is 0 Å². The highest BCUT2D eigenvalue weighted by Crippen LogP contribution is 2.39. The molecule has 0 amide bonds. The third-order valence-corrected chi connectivity index (χ3v) is 5.28. The zero-order valence-corrected chi connectivity index (χ0v) is 12.1. The summed E-state index contributed by atoms with van der Waals surface area (Å²) in [7, 11) is 2.01. The third-order valence-electron chi connectivity index (χ3n) is 3.96.